The van der Waals surface area contributed by atoms with Crippen LogP contribution in [0.5, 0.6) is 0 Å². The van der Waals surface area contributed by atoms with E-state index in [0.29, 0.717) is 18.8 Å². The minimum absolute atomic E-state index is 0.173. The van der Waals surface area contributed by atoms with Gasteiger partial charge in [0.05, 0.1) is 17.9 Å². The van der Waals surface area contributed by atoms with Gasteiger partial charge in [-0.05, 0) is 43.3 Å². The zero-order valence-corrected chi connectivity index (χ0v) is 13.2. The van der Waals surface area contributed by atoms with Crippen LogP contribution >= 0.6 is 0 Å². The minimum atomic E-state index is -0.173. The first-order valence-corrected chi connectivity index (χ1v) is 7.21. The predicted octanol–water partition coefficient (Wildman–Crippen LogP) is 2.94. The van der Waals surface area contributed by atoms with Gasteiger partial charge < -0.3 is 15.0 Å². The molecule has 5 heteroatoms. The first-order valence-electron chi connectivity index (χ1n) is 7.21. The van der Waals surface area contributed by atoms with Gasteiger partial charge in [-0.1, -0.05) is 0 Å². The highest BCUT2D eigenvalue weighted by molar-refractivity contribution is 6.04. The summed E-state index contributed by atoms with van der Waals surface area (Å²) in [5.41, 5.74) is 3.18. The van der Waals surface area contributed by atoms with Crippen LogP contribution in [0.2, 0.25) is 0 Å². The van der Waals surface area contributed by atoms with Crippen LogP contribution in [0.25, 0.3) is 0 Å². The second kappa shape index (κ2) is 7.56. The van der Waals surface area contributed by atoms with Gasteiger partial charge in [-0.2, -0.15) is 0 Å². The molecule has 0 spiro atoms. The number of carbonyl (C=O) groups is 1. The highest BCUT2D eigenvalue weighted by atomic mass is 16.5. The summed E-state index contributed by atoms with van der Waals surface area (Å²) in [7, 11) is 3.95. The molecule has 0 fully saturated rings. The third-order valence-electron chi connectivity index (χ3n) is 3.18. The number of benzene rings is 1. The molecule has 0 saturated heterocycles. The quantitative estimate of drug-likeness (QED) is 0.891. The Morgan fingerprint density at radius 1 is 1.18 bits per heavy atom. The number of carbonyl (C=O) groups excluding carboxylic acids is 1. The van der Waals surface area contributed by atoms with Crippen LogP contribution in [0, 0.1) is 0 Å². The van der Waals surface area contributed by atoms with Crippen molar-refractivity contribution in [2.24, 2.45) is 0 Å². The Hall–Kier alpha value is -2.40. The molecule has 0 bridgehead atoms. The van der Waals surface area contributed by atoms with Crippen molar-refractivity contribution in [3.05, 3.63) is 53.9 Å². The Kier molecular flexibility index (Phi) is 5.49. The van der Waals surface area contributed by atoms with Crippen molar-refractivity contribution in [1.82, 2.24) is 4.98 Å². The Morgan fingerprint density at radius 2 is 1.91 bits per heavy atom. The van der Waals surface area contributed by atoms with Crippen LogP contribution in [0.3, 0.4) is 0 Å². The van der Waals surface area contributed by atoms with E-state index in [4.69, 9.17) is 4.74 Å². The van der Waals surface area contributed by atoms with Crippen molar-refractivity contribution in [2.45, 2.75) is 13.5 Å². The summed E-state index contributed by atoms with van der Waals surface area (Å²) in [4.78, 5) is 18.4. The second-order valence-electron chi connectivity index (χ2n) is 5.07. The average molecular weight is 299 g/mol. The molecule has 0 aliphatic heterocycles. The maximum absolute atomic E-state index is 12.2. The minimum Gasteiger partial charge on any atom is -0.378 e. The predicted molar refractivity (Wildman–Crippen MR) is 88.3 cm³/mol. The fourth-order valence-electron chi connectivity index (χ4n) is 1.90. The molecule has 116 valence electrons. The van der Waals surface area contributed by atoms with E-state index in [0.717, 1.165) is 17.1 Å². The molecule has 2 rings (SSSR count). The number of nitrogens with one attached hydrogen (secondary N) is 1. The zero-order valence-electron chi connectivity index (χ0n) is 13.2. The summed E-state index contributed by atoms with van der Waals surface area (Å²) < 4.78 is 5.28. The number of nitrogens with zero attached hydrogens (tertiary/aromatic N) is 2. The Morgan fingerprint density at radius 3 is 2.45 bits per heavy atom. The molecular weight excluding hydrogens is 278 g/mol. The third-order valence-corrected chi connectivity index (χ3v) is 3.18. The summed E-state index contributed by atoms with van der Waals surface area (Å²) in [6.07, 6.45) is 1.57. The number of ether oxygens (including phenoxy) is 1. The average Bonchev–Trinajstić information content (AvgIpc) is 2.54. The molecule has 0 aliphatic rings. The molecular formula is C17H21N3O2. The second-order valence-corrected chi connectivity index (χ2v) is 5.07. The highest BCUT2D eigenvalue weighted by Gasteiger charge is 2.07. The molecule has 1 heterocycles. The normalized spacial score (nSPS) is 10.3. The number of anilines is 2. The number of amides is 1. The van der Waals surface area contributed by atoms with Gasteiger partial charge in [0.25, 0.3) is 5.91 Å². The van der Waals surface area contributed by atoms with Crippen molar-refractivity contribution in [1.29, 1.82) is 0 Å². The lowest BCUT2D eigenvalue weighted by atomic mass is 10.2. The van der Waals surface area contributed by atoms with Gasteiger partial charge in [-0.25, -0.2) is 0 Å². The van der Waals surface area contributed by atoms with Crippen LogP contribution in [0.1, 0.15) is 23.0 Å². The van der Waals surface area contributed by atoms with Gasteiger partial charge in [-0.3, -0.25) is 9.78 Å². The molecule has 0 aliphatic carbocycles. The van der Waals surface area contributed by atoms with Gasteiger partial charge in [0.1, 0.15) is 0 Å². The monoisotopic (exact) mass is 299 g/mol. The van der Waals surface area contributed by atoms with Crippen molar-refractivity contribution in [3.63, 3.8) is 0 Å². The van der Waals surface area contributed by atoms with Gasteiger partial charge in [0.2, 0.25) is 0 Å². The number of pyridine rings is 1. The van der Waals surface area contributed by atoms with E-state index in [9.17, 15) is 4.79 Å². The molecule has 0 saturated carbocycles. The fourth-order valence-corrected chi connectivity index (χ4v) is 1.90. The molecule has 1 N–H and O–H groups in total. The Labute approximate surface area is 130 Å². The summed E-state index contributed by atoms with van der Waals surface area (Å²) in [5, 5.41) is 2.86. The topological polar surface area (TPSA) is 54.5 Å². The van der Waals surface area contributed by atoms with Crippen LogP contribution in [0.4, 0.5) is 11.4 Å². The molecule has 0 atom stereocenters. The lowest BCUT2D eigenvalue weighted by Gasteiger charge is -2.13. The first-order chi connectivity index (χ1) is 10.6. The number of aromatic nitrogens is 1. The van der Waals surface area contributed by atoms with E-state index < -0.39 is 0 Å². The Balaban J connectivity index is 1.99. The highest BCUT2D eigenvalue weighted by Crippen LogP contribution is 2.16. The van der Waals surface area contributed by atoms with E-state index in [1.807, 2.05) is 50.2 Å². The van der Waals surface area contributed by atoms with E-state index in [1.165, 1.54) is 0 Å². The Bertz CT molecular complexity index is 607. The van der Waals surface area contributed by atoms with E-state index in [-0.39, 0.29) is 5.91 Å². The van der Waals surface area contributed by atoms with Crippen molar-refractivity contribution in [2.75, 3.05) is 30.9 Å². The summed E-state index contributed by atoms with van der Waals surface area (Å²) in [6, 6.07) is 11.2. The molecule has 1 amide bonds. The lowest BCUT2D eigenvalue weighted by Crippen LogP contribution is -2.13. The SMILES string of the molecule is CCOCc1ccc(C(=O)Nc2ccc(N(C)C)cc2)cn1. The smallest absolute Gasteiger partial charge is 0.257 e. The third kappa shape index (κ3) is 4.30. The standard InChI is InChI=1S/C17H21N3O2/c1-4-22-12-15-6-5-13(11-18-15)17(21)19-14-7-9-16(10-8-14)20(2)3/h5-11H,4,12H2,1-3H3,(H,19,21). The summed E-state index contributed by atoms with van der Waals surface area (Å²) >= 11 is 0. The lowest BCUT2D eigenvalue weighted by molar-refractivity contribution is 0.102. The van der Waals surface area contributed by atoms with Gasteiger partial charge in [-0.15, -0.1) is 0 Å². The number of hydrogen-bond acceptors (Lipinski definition) is 4. The van der Waals surface area contributed by atoms with Gasteiger partial charge in [0, 0.05) is 38.3 Å². The molecule has 0 unspecified atom stereocenters. The van der Waals surface area contributed by atoms with Gasteiger partial charge in [0.15, 0.2) is 0 Å². The fraction of sp³-hybridized carbons (Fsp3) is 0.294. The molecule has 22 heavy (non-hydrogen) atoms. The molecule has 1 aromatic carbocycles. The zero-order chi connectivity index (χ0) is 15.9. The molecule has 5 nitrogen and oxygen atoms in total. The molecule has 2 aromatic rings. The maximum atomic E-state index is 12.2. The van der Waals surface area contributed by atoms with Crippen molar-refractivity contribution in [3.8, 4) is 0 Å². The van der Waals surface area contributed by atoms with Gasteiger partial charge >= 0.3 is 0 Å². The van der Waals surface area contributed by atoms with Crippen LogP contribution in [0.15, 0.2) is 42.6 Å². The summed E-state index contributed by atoms with van der Waals surface area (Å²) in [6.45, 7) is 3.04. The molecule has 0 radical (unpaired) electrons. The maximum Gasteiger partial charge on any atom is 0.257 e. The van der Waals surface area contributed by atoms with Crippen molar-refractivity contribution >= 4 is 17.3 Å². The van der Waals surface area contributed by atoms with Crippen LogP contribution < -0.4 is 10.2 Å². The van der Waals surface area contributed by atoms with Crippen LogP contribution in [-0.4, -0.2) is 31.6 Å². The first kappa shape index (κ1) is 16.0. The largest absolute Gasteiger partial charge is 0.378 e. The van der Waals surface area contributed by atoms with E-state index in [1.54, 1.807) is 18.3 Å². The van der Waals surface area contributed by atoms with Crippen LogP contribution in [-0.2, 0) is 11.3 Å². The molecule has 1 aromatic heterocycles. The number of rotatable bonds is 6. The number of hydrogen-bond donors (Lipinski definition) is 1. The van der Waals surface area contributed by atoms with E-state index >= 15 is 0 Å². The van der Waals surface area contributed by atoms with Crippen molar-refractivity contribution < 1.29 is 9.53 Å². The summed E-state index contributed by atoms with van der Waals surface area (Å²) in [5.74, 6) is -0.173. The van der Waals surface area contributed by atoms with E-state index in [2.05, 4.69) is 10.3 Å².